The third kappa shape index (κ3) is 5.61. The summed E-state index contributed by atoms with van der Waals surface area (Å²) < 4.78 is 10.8. The van der Waals surface area contributed by atoms with E-state index in [4.69, 9.17) is 9.47 Å². The average molecular weight is 349 g/mol. The van der Waals surface area contributed by atoms with Crippen molar-refractivity contribution in [3.05, 3.63) is 23.3 Å². The number of ether oxygens (including phenoxy) is 2. The van der Waals surface area contributed by atoms with Gasteiger partial charge in [0.1, 0.15) is 0 Å². The van der Waals surface area contributed by atoms with E-state index < -0.39 is 0 Å². The van der Waals surface area contributed by atoms with E-state index in [1.165, 1.54) is 11.1 Å². The van der Waals surface area contributed by atoms with Gasteiger partial charge in [0, 0.05) is 39.3 Å². The number of hydrogen-bond acceptors (Lipinski definition) is 5. The summed E-state index contributed by atoms with van der Waals surface area (Å²) in [5.74, 6) is 1.67. The number of aryl methyl sites for hydroxylation is 1. The van der Waals surface area contributed by atoms with E-state index in [9.17, 15) is 4.79 Å². The van der Waals surface area contributed by atoms with Crippen molar-refractivity contribution in [2.75, 3.05) is 53.5 Å². The van der Waals surface area contributed by atoms with Gasteiger partial charge in [0.25, 0.3) is 0 Å². The Balaban J connectivity index is 1.87. The lowest BCUT2D eigenvalue weighted by atomic mass is 10.1. The van der Waals surface area contributed by atoms with Crippen LogP contribution in [-0.4, -0.2) is 69.2 Å². The molecule has 1 aliphatic rings. The molecule has 0 radical (unpaired) electrons. The van der Waals surface area contributed by atoms with Crippen LogP contribution in [0.1, 0.15) is 24.5 Å². The quantitative estimate of drug-likeness (QED) is 0.773. The van der Waals surface area contributed by atoms with E-state index in [1.54, 1.807) is 14.2 Å². The van der Waals surface area contributed by atoms with Crippen molar-refractivity contribution in [2.45, 2.75) is 26.8 Å². The van der Waals surface area contributed by atoms with Crippen molar-refractivity contribution in [3.63, 3.8) is 0 Å². The van der Waals surface area contributed by atoms with Crippen LogP contribution in [0.5, 0.6) is 11.5 Å². The maximum atomic E-state index is 11.8. The van der Waals surface area contributed by atoms with Crippen LogP contribution in [0.2, 0.25) is 0 Å². The zero-order valence-corrected chi connectivity index (χ0v) is 15.9. The van der Waals surface area contributed by atoms with Crippen molar-refractivity contribution in [3.8, 4) is 11.5 Å². The number of rotatable bonds is 8. The molecule has 1 aromatic carbocycles. The van der Waals surface area contributed by atoms with Crippen molar-refractivity contribution in [2.24, 2.45) is 0 Å². The smallest absolute Gasteiger partial charge is 0.234 e. The second kappa shape index (κ2) is 9.63. The average Bonchev–Trinajstić information content (AvgIpc) is 2.62. The molecule has 0 aliphatic carbocycles. The molecule has 0 saturated carbocycles. The highest BCUT2D eigenvalue weighted by molar-refractivity contribution is 5.77. The topological polar surface area (TPSA) is 54.0 Å². The van der Waals surface area contributed by atoms with Gasteiger partial charge in [0.15, 0.2) is 11.5 Å². The van der Waals surface area contributed by atoms with Gasteiger partial charge in [-0.3, -0.25) is 14.6 Å². The first-order valence-corrected chi connectivity index (χ1v) is 9.00. The van der Waals surface area contributed by atoms with Crippen molar-refractivity contribution < 1.29 is 14.3 Å². The Morgan fingerprint density at radius 1 is 1.08 bits per heavy atom. The molecule has 1 saturated heterocycles. The Bertz CT molecular complexity index is 569. The van der Waals surface area contributed by atoms with E-state index in [2.05, 4.69) is 35.0 Å². The minimum Gasteiger partial charge on any atom is -0.493 e. The first-order chi connectivity index (χ1) is 12.1. The molecule has 0 unspecified atom stereocenters. The Morgan fingerprint density at radius 2 is 1.68 bits per heavy atom. The number of carbonyl (C=O) groups is 1. The molecule has 6 heteroatoms. The summed E-state index contributed by atoms with van der Waals surface area (Å²) in [4.78, 5) is 16.5. The van der Waals surface area contributed by atoms with E-state index in [1.807, 2.05) is 6.07 Å². The van der Waals surface area contributed by atoms with Crippen LogP contribution in [0.4, 0.5) is 0 Å². The van der Waals surface area contributed by atoms with Crippen LogP contribution in [0.3, 0.4) is 0 Å². The summed E-state index contributed by atoms with van der Waals surface area (Å²) in [7, 11) is 3.33. The fraction of sp³-hybridized carbons (Fsp3) is 0.632. The molecular weight excluding hydrogens is 318 g/mol. The molecule has 0 aromatic heterocycles. The molecule has 6 nitrogen and oxygen atoms in total. The van der Waals surface area contributed by atoms with Gasteiger partial charge in [-0.1, -0.05) is 6.92 Å². The summed E-state index contributed by atoms with van der Waals surface area (Å²) in [5.41, 5.74) is 2.46. The second-order valence-corrected chi connectivity index (χ2v) is 6.54. The van der Waals surface area contributed by atoms with Gasteiger partial charge in [-0.05, 0) is 36.6 Å². The normalized spacial score (nSPS) is 15.8. The van der Waals surface area contributed by atoms with Gasteiger partial charge < -0.3 is 14.8 Å². The van der Waals surface area contributed by atoms with Gasteiger partial charge in [-0.15, -0.1) is 0 Å². The Morgan fingerprint density at radius 3 is 2.28 bits per heavy atom. The van der Waals surface area contributed by atoms with Crippen LogP contribution in [-0.2, 0) is 11.3 Å². The van der Waals surface area contributed by atoms with Crippen LogP contribution in [0.15, 0.2) is 12.1 Å². The van der Waals surface area contributed by atoms with Crippen molar-refractivity contribution >= 4 is 5.91 Å². The third-order valence-electron chi connectivity index (χ3n) is 4.64. The minimum absolute atomic E-state index is 0.131. The van der Waals surface area contributed by atoms with E-state index in [0.29, 0.717) is 6.54 Å². The van der Waals surface area contributed by atoms with Crippen LogP contribution in [0, 0.1) is 6.92 Å². The lowest BCUT2D eigenvalue weighted by molar-refractivity contribution is -0.122. The molecule has 0 atom stereocenters. The maximum absolute atomic E-state index is 11.8. The van der Waals surface area contributed by atoms with Gasteiger partial charge in [0.2, 0.25) is 5.91 Å². The van der Waals surface area contributed by atoms with Gasteiger partial charge in [-0.25, -0.2) is 0 Å². The number of piperazine rings is 1. The standard InChI is InChI=1S/C19H31N3O3/c1-5-6-20-19(23)14-22-9-7-21(8-10-22)13-16-12-18(25-4)17(24-3)11-15(16)2/h11-12H,5-10,13-14H2,1-4H3,(H,20,23). The van der Waals surface area contributed by atoms with Crippen LogP contribution in [0.25, 0.3) is 0 Å². The molecule has 0 bridgehead atoms. The first-order valence-electron chi connectivity index (χ1n) is 9.00. The second-order valence-electron chi connectivity index (χ2n) is 6.54. The molecule has 1 amide bonds. The van der Waals surface area contributed by atoms with E-state index in [-0.39, 0.29) is 5.91 Å². The monoisotopic (exact) mass is 349 g/mol. The highest BCUT2D eigenvalue weighted by Crippen LogP contribution is 2.30. The molecule has 0 spiro atoms. The lowest BCUT2D eigenvalue weighted by Gasteiger charge is -2.34. The molecule has 1 aromatic rings. The molecule has 25 heavy (non-hydrogen) atoms. The molecule has 1 aliphatic heterocycles. The molecule has 1 fully saturated rings. The summed E-state index contributed by atoms with van der Waals surface area (Å²) in [5, 5.41) is 2.94. The van der Waals surface area contributed by atoms with Crippen LogP contribution >= 0.6 is 0 Å². The fourth-order valence-electron chi connectivity index (χ4n) is 3.06. The molecule has 140 valence electrons. The largest absolute Gasteiger partial charge is 0.493 e. The highest BCUT2D eigenvalue weighted by Gasteiger charge is 2.20. The maximum Gasteiger partial charge on any atom is 0.234 e. The predicted molar refractivity (Wildman–Crippen MR) is 99.3 cm³/mol. The third-order valence-corrected chi connectivity index (χ3v) is 4.64. The number of nitrogens with zero attached hydrogens (tertiary/aromatic N) is 2. The molecule has 2 rings (SSSR count). The number of amides is 1. The summed E-state index contributed by atoms with van der Waals surface area (Å²) in [6.45, 7) is 10.1. The predicted octanol–water partition coefficient (Wildman–Crippen LogP) is 1.66. The first kappa shape index (κ1) is 19.5. The number of benzene rings is 1. The summed E-state index contributed by atoms with van der Waals surface area (Å²) in [6, 6.07) is 4.10. The minimum atomic E-state index is 0.131. The van der Waals surface area contributed by atoms with Gasteiger partial charge >= 0.3 is 0 Å². The molecule has 1 N–H and O–H groups in total. The Hall–Kier alpha value is -1.79. The van der Waals surface area contributed by atoms with Gasteiger partial charge in [-0.2, -0.15) is 0 Å². The lowest BCUT2D eigenvalue weighted by Crippen LogP contribution is -2.49. The van der Waals surface area contributed by atoms with E-state index in [0.717, 1.165) is 57.2 Å². The number of hydrogen-bond donors (Lipinski definition) is 1. The molecular formula is C19H31N3O3. The fourth-order valence-corrected chi connectivity index (χ4v) is 3.06. The Kier molecular flexibility index (Phi) is 7.52. The van der Waals surface area contributed by atoms with Crippen LogP contribution < -0.4 is 14.8 Å². The number of nitrogens with one attached hydrogen (secondary N) is 1. The summed E-state index contributed by atoms with van der Waals surface area (Å²) >= 11 is 0. The zero-order valence-electron chi connectivity index (χ0n) is 15.9. The zero-order chi connectivity index (χ0) is 18.2. The molecule has 1 heterocycles. The highest BCUT2D eigenvalue weighted by atomic mass is 16.5. The van der Waals surface area contributed by atoms with Gasteiger partial charge in [0.05, 0.1) is 20.8 Å². The number of carbonyl (C=O) groups excluding carboxylic acids is 1. The van der Waals surface area contributed by atoms with Crippen molar-refractivity contribution in [1.82, 2.24) is 15.1 Å². The van der Waals surface area contributed by atoms with Crippen molar-refractivity contribution in [1.29, 1.82) is 0 Å². The SMILES string of the molecule is CCCNC(=O)CN1CCN(Cc2cc(OC)c(OC)cc2C)CC1. The Labute approximate surface area is 151 Å². The summed E-state index contributed by atoms with van der Waals surface area (Å²) in [6.07, 6.45) is 0.976. The number of methoxy groups -OCH3 is 2. The van der Waals surface area contributed by atoms with E-state index >= 15 is 0 Å².